The molecule has 0 bridgehead atoms. The average molecular weight is 371 g/mol. The lowest BCUT2D eigenvalue weighted by Crippen LogP contribution is -2.50. The normalized spacial score (nSPS) is 15.0. The van der Waals surface area contributed by atoms with Crippen molar-refractivity contribution in [3.63, 3.8) is 0 Å². The Kier molecular flexibility index (Phi) is 5.33. The molecule has 0 radical (unpaired) electrons. The maximum Gasteiger partial charge on any atom is 0.243 e. The Labute approximate surface area is 158 Å². The first-order valence-electron chi connectivity index (χ1n) is 8.83. The van der Waals surface area contributed by atoms with E-state index < -0.39 is 5.41 Å². The second-order valence-electron chi connectivity index (χ2n) is 6.94. The van der Waals surface area contributed by atoms with Crippen LogP contribution < -0.4 is 10.6 Å². The molecule has 26 heavy (non-hydrogen) atoms. The van der Waals surface area contributed by atoms with Crippen LogP contribution in [0, 0.1) is 13.8 Å². The standard InChI is InChI=1S/C21H23ClN2O2/c1-14-6-3-7-15(2)19(14)24-18(25)13-23-20(26)21(10-5-11-21)16-8-4-9-17(22)12-16/h3-4,6-9,12H,5,10-11,13H2,1-2H3,(H,23,26)(H,24,25). The summed E-state index contributed by atoms with van der Waals surface area (Å²) in [6, 6.07) is 13.3. The van der Waals surface area contributed by atoms with E-state index >= 15 is 0 Å². The third-order valence-corrected chi connectivity index (χ3v) is 5.41. The van der Waals surface area contributed by atoms with E-state index in [-0.39, 0.29) is 18.4 Å². The van der Waals surface area contributed by atoms with Crippen LogP contribution in [-0.2, 0) is 15.0 Å². The van der Waals surface area contributed by atoms with Gasteiger partial charge in [-0.15, -0.1) is 0 Å². The average Bonchev–Trinajstić information content (AvgIpc) is 2.55. The third-order valence-electron chi connectivity index (χ3n) is 5.17. The smallest absolute Gasteiger partial charge is 0.243 e. The number of halogens is 1. The fourth-order valence-corrected chi connectivity index (χ4v) is 3.68. The van der Waals surface area contributed by atoms with Gasteiger partial charge in [0.25, 0.3) is 0 Å². The Morgan fingerprint density at radius 3 is 2.31 bits per heavy atom. The molecule has 2 aromatic rings. The minimum absolute atomic E-state index is 0.0467. The maximum absolute atomic E-state index is 12.8. The van der Waals surface area contributed by atoms with E-state index in [0.29, 0.717) is 5.02 Å². The van der Waals surface area contributed by atoms with E-state index in [1.54, 1.807) is 6.07 Å². The number of nitrogens with one attached hydrogen (secondary N) is 2. The maximum atomic E-state index is 12.8. The molecule has 1 saturated carbocycles. The molecule has 3 rings (SSSR count). The molecule has 1 fully saturated rings. The van der Waals surface area contributed by atoms with Crippen molar-refractivity contribution in [3.8, 4) is 0 Å². The molecule has 1 aliphatic rings. The first kappa shape index (κ1) is 18.5. The molecule has 0 aromatic heterocycles. The van der Waals surface area contributed by atoms with Gasteiger partial charge in [0.05, 0.1) is 12.0 Å². The summed E-state index contributed by atoms with van der Waals surface area (Å²) in [4.78, 5) is 25.1. The summed E-state index contributed by atoms with van der Waals surface area (Å²) in [6.07, 6.45) is 2.55. The van der Waals surface area contributed by atoms with Crippen molar-refractivity contribution in [3.05, 3.63) is 64.2 Å². The van der Waals surface area contributed by atoms with Crippen molar-refractivity contribution in [1.29, 1.82) is 0 Å². The van der Waals surface area contributed by atoms with Crippen LogP contribution in [0.5, 0.6) is 0 Å². The number of para-hydroxylation sites is 1. The van der Waals surface area contributed by atoms with Crippen molar-refractivity contribution in [2.24, 2.45) is 0 Å². The molecular weight excluding hydrogens is 348 g/mol. The van der Waals surface area contributed by atoms with Gasteiger partial charge in [0, 0.05) is 10.7 Å². The third kappa shape index (κ3) is 3.61. The molecule has 4 nitrogen and oxygen atoms in total. The number of amides is 2. The van der Waals surface area contributed by atoms with Gasteiger partial charge in [-0.3, -0.25) is 9.59 Å². The number of benzene rings is 2. The highest BCUT2D eigenvalue weighted by Crippen LogP contribution is 2.44. The lowest BCUT2D eigenvalue weighted by Gasteiger charge is -2.40. The molecule has 0 heterocycles. The van der Waals surface area contributed by atoms with Crippen LogP contribution in [0.4, 0.5) is 5.69 Å². The fraction of sp³-hybridized carbons (Fsp3) is 0.333. The zero-order chi connectivity index (χ0) is 18.7. The Morgan fingerprint density at radius 1 is 1.08 bits per heavy atom. The van der Waals surface area contributed by atoms with Crippen molar-refractivity contribution in [2.75, 3.05) is 11.9 Å². The summed E-state index contributed by atoms with van der Waals surface area (Å²) in [5.74, 6) is -0.334. The first-order chi connectivity index (χ1) is 12.4. The van der Waals surface area contributed by atoms with Crippen LogP contribution in [-0.4, -0.2) is 18.4 Å². The lowest BCUT2D eigenvalue weighted by atomic mass is 9.64. The second kappa shape index (κ2) is 7.50. The zero-order valence-electron chi connectivity index (χ0n) is 15.1. The molecule has 0 aliphatic heterocycles. The van der Waals surface area contributed by atoms with Gasteiger partial charge >= 0.3 is 0 Å². The van der Waals surface area contributed by atoms with E-state index in [1.165, 1.54) is 0 Å². The zero-order valence-corrected chi connectivity index (χ0v) is 15.8. The number of carbonyl (C=O) groups excluding carboxylic acids is 2. The van der Waals surface area contributed by atoms with Gasteiger partial charge in [-0.1, -0.05) is 48.4 Å². The Bertz CT molecular complexity index is 823. The fourth-order valence-electron chi connectivity index (χ4n) is 3.49. The van der Waals surface area contributed by atoms with E-state index in [9.17, 15) is 9.59 Å². The highest BCUT2D eigenvalue weighted by molar-refractivity contribution is 6.30. The van der Waals surface area contributed by atoms with Gasteiger partial charge in [-0.05, 0) is 55.5 Å². The highest BCUT2D eigenvalue weighted by atomic mass is 35.5. The summed E-state index contributed by atoms with van der Waals surface area (Å²) in [6.45, 7) is 3.85. The topological polar surface area (TPSA) is 58.2 Å². The van der Waals surface area contributed by atoms with Crippen LogP contribution >= 0.6 is 11.6 Å². The molecule has 0 unspecified atom stereocenters. The van der Waals surface area contributed by atoms with Gasteiger partial charge in [0.1, 0.15) is 0 Å². The number of anilines is 1. The molecule has 1 aliphatic carbocycles. The van der Waals surface area contributed by atoms with Gasteiger partial charge in [0.15, 0.2) is 0 Å². The number of aryl methyl sites for hydroxylation is 2. The number of carbonyl (C=O) groups is 2. The predicted molar refractivity (Wildman–Crippen MR) is 105 cm³/mol. The second-order valence-corrected chi connectivity index (χ2v) is 7.38. The van der Waals surface area contributed by atoms with Gasteiger partial charge < -0.3 is 10.6 Å². The number of rotatable bonds is 5. The van der Waals surface area contributed by atoms with Gasteiger partial charge in [0.2, 0.25) is 11.8 Å². The van der Waals surface area contributed by atoms with Crippen molar-refractivity contribution in [1.82, 2.24) is 5.32 Å². The van der Waals surface area contributed by atoms with Crippen LogP contribution in [0.25, 0.3) is 0 Å². The summed E-state index contributed by atoms with van der Waals surface area (Å²) < 4.78 is 0. The Morgan fingerprint density at radius 2 is 1.73 bits per heavy atom. The van der Waals surface area contributed by atoms with Crippen molar-refractivity contribution in [2.45, 2.75) is 38.5 Å². The molecule has 0 atom stereocenters. The number of hydrogen-bond acceptors (Lipinski definition) is 2. The molecule has 2 aromatic carbocycles. The Hall–Kier alpha value is -2.33. The van der Waals surface area contributed by atoms with Crippen molar-refractivity contribution < 1.29 is 9.59 Å². The van der Waals surface area contributed by atoms with E-state index in [0.717, 1.165) is 41.6 Å². The molecule has 5 heteroatoms. The largest absolute Gasteiger partial charge is 0.346 e. The summed E-state index contributed by atoms with van der Waals surface area (Å²) >= 11 is 6.09. The van der Waals surface area contributed by atoms with E-state index in [1.807, 2.05) is 50.2 Å². The van der Waals surface area contributed by atoms with Crippen LogP contribution in [0.2, 0.25) is 5.02 Å². The predicted octanol–water partition coefficient (Wildman–Crippen LogP) is 4.13. The first-order valence-corrected chi connectivity index (χ1v) is 9.20. The molecule has 0 spiro atoms. The molecule has 2 amide bonds. The van der Waals surface area contributed by atoms with Gasteiger partial charge in [-0.25, -0.2) is 0 Å². The lowest BCUT2D eigenvalue weighted by molar-refractivity contribution is -0.131. The number of hydrogen-bond donors (Lipinski definition) is 2. The van der Waals surface area contributed by atoms with E-state index in [4.69, 9.17) is 11.6 Å². The summed E-state index contributed by atoms with van der Waals surface area (Å²) in [5.41, 5.74) is 3.16. The molecule has 136 valence electrons. The minimum Gasteiger partial charge on any atom is -0.346 e. The van der Waals surface area contributed by atoms with Crippen LogP contribution in [0.1, 0.15) is 36.0 Å². The highest BCUT2D eigenvalue weighted by Gasteiger charge is 2.45. The van der Waals surface area contributed by atoms with Gasteiger partial charge in [-0.2, -0.15) is 0 Å². The summed E-state index contributed by atoms with van der Waals surface area (Å²) in [5, 5.41) is 6.32. The summed E-state index contributed by atoms with van der Waals surface area (Å²) in [7, 11) is 0. The Balaban J connectivity index is 1.65. The van der Waals surface area contributed by atoms with Crippen LogP contribution in [0.3, 0.4) is 0 Å². The molecule has 0 saturated heterocycles. The van der Waals surface area contributed by atoms with Crippen LogP contribution in [0.15, 0.2) is 42.5 Å². The van der Waals surface area contributed by atoms with E-state index in [2.05, 4.69) is 10.6 Å². The van der Waals surface area contributed by atoms with Crippen molar-refractivity contribution >= 4 is 29.1 Å². The SMILES string of the molecule is Cc1cccc(C)c1NC(=O)CNC(=O)C1(c2cccc(Cl)c2)CCC1. The molecular formula is C21H23ClN2O2. The quantitative estimate of drug-likeness (QED) is 0.831. The molecule has 2 N–H and O–H groups in total. The monoisotopic (exact) mass is 370 g/mol. The minimum atomic E-state index is -0.566.